The predicted octanol–water partition coefficient (Wildman–Crippen LogP) is 8.92. The van der Waals surface area contributed by atoms with E-state index in [9.17, 15) is 0 Å². The number of ether oxygens (including phenoxy) is 3. The van der Waals surface area contributed by atoms with Gasteiger partial charge in [0.15, 0.2) is 0 Å². The molecule has 3 aromatic rings. The molecule has 4 rings (SSSR count). The van der Waals surface area contributed by atoms with Gasteiger partial charge in [-0.15, -0.1) is 11.6 Å². The minimum atomic E-state index is 0.222. The van der Waals surface area contributed by atoms with Gasteiger partial charge in [-0.1, -0.05) is 57.9 Å². The number of hydrogen-bond donors (Lipinski definition) is 0. The van der Waals surface area contributed by atoms with E-state index < -0.39 is 0 Å². The van der Waals surface area contributed by atoms with E-state index in [1.54, 1.807) is 0 Å². The van der Waals surface area contributed by atoms with Gasteiger partial charge in [0, 0.05) is 24.0 Å². The number of unbranched alkanes of at least 4 members (excludes halogenated alkanes) is 2. The molecule has 2 atom stereocenters. The van der Waals surface area contributed by atoms with Crippen LogP contribution in [0.25, 0.3) is 0 Å². The third-order valence-corrected chi connectivity index (χ3v) is 7.45. The summed E-state index contributed by atoms with van der Waals surface area (Å²) < 4.78 is 17.8. The summed E-state index contributed by atoms with van der Waals surface area (Å²) in [6, 6.07) is 24.0. The zero-order valence-electron chi connectivity index (χ0n) is 23.1. The van der Waals surface area contributed by atoms with Crippen LogP contribution in [0, 0.1) is 0 Å². The monoisotopic (exact) mass is 535 g/mol. The van der Waals surface area contributed by atoms with Crippen LogP contribution in [0.1, 0.15) is 81.5 Å². The topological polar surface area (TPSA) is 30.9 Å². The van der Waals surface area contributed by atoms with Crippen molar-refractivity contribution in [3.05, 3.63) is 83.4 Å². The molecule has 0 fully saturated rings. The molecule has 0 radical (unpaired) electrons. The Bertz CT molecular complexity index is 1120. The average molecular weight is 536 g/mol. The number of benzene rings is 3. The van der Waals surface area contributed by atoms with E-state index in [-0.39, 0.29) is 6.04 Å². The van der Waals surface area contributed by atoms with Gasteiger partial charge >= 0.3 is 0 Å². The first-order valence-electron chi connectivity index (χ1n) is 14.2. The van der Waals surface area contributed by atoms with Crippen molar-refractivity contribution in [1.29, 1.82) is 0 Å². The van der Waals surface area contributed by atoms with Crippen molar-refractivity contribution >= 4 is 17.3 Å². The van der Waals surface area contributed by atoms with E-state index >= 15 is 0 Å². The zero-order chi connectivity index (χ0) is 26.7. The van der Waals surface area contributed by atoms with E-state index in [1.807, 2.05) is 0 Å². The van der Waals surface area contributed by atoms with Crippen molar-refractivity contribution in [3.63, 3.8) is 0 Å². The first-order valence-corrected chi connectivity index (χ1v) is 14.7. The highest BCUT2D eigenvalue weighted by atomic mass is 35.5. The van der Waals surface area contributed by atoms with Crippen LogP contribution in [-0.2, 0) is 6.54 Å². The number of alkyl halides is 1. The van der Waals surface area contributed by atoms with Crippen molar-refractivity contribution in [2.45, 2.75) is 71.4 Å². The number of hydrogen-bond acceptors (Lipinski definition) is 4. The molecule has 5 heteroatoms. The number of halogens is 1. The fourth-order valence-electron chi connectivity index (χ4n) is 5.05. The predicted molar refractivity (Wildman–Crippen MR) is 158 cm³/mol. The second-order valence-electron chi connectivity index (χ2n) is 10.1. The Hall–Kier alpha value is -2.85. The van der Waals surface area contributed by atoms with E-state index in [1.165, 1.54) is 22.4 Å². The molecule has 3 aromatic carbocycles. The zero-order valence-corrected chi connectivity index (χ0v) is 23.9. The van der Waals surface area contributed by atoms with Crippen LogP contribution in [0.4, 0.5) is 5.69 Å². The molecular formula is C33H42ClNO3. The second kappa shape index (κ2) is 14.3. The van der Waals surface area contributed by atoms with Crippen LogP contribution >= 0.6 is 11.6 Å². The molecular weight excluding hydrogens is 494 g/mol. The molecule has 0 saturated carbocycles. The summed E-state index contributed by atoms with van der Waals surface area (Å²) in [6.45, 7) is 9.68. The van der Waals surface area contributed by atoms with E-state index in [2.05, 4.69) is 92.4 Å². The van der Waals surface area contributed by atoms with Gasteiger partial charge in [-0.25, -0.2) is 0 Å². The van der Waals surface area contributed by atoms with Gasteiger partial charge < -0.3 is 19.1 Å². The fraction of sp³-hybridized carbons (Fsp3) is 0.455. The van der Waals surface area contributed by atoms with Gasteiger partial charge in [-0.05, 0) is 78.4 Å². The Kier molecular flexibility index (Phi) is 10.6. The van der Waals surface area contributed by atoms with Crippen LogP contribution in [0.15, 0.2) is 66.7 Å². The van der Waals surface area contributed by atoms with Gasteiger partial charge in [-0.2, -0.15) is 0 Å². The normalized spacial score (nSPS) is 16.4. The van der Waals surface area contributed by atoms with Crippen molar-refractivity contribution < 1.29 is 14.2 Å². The van der Waals surface area contributed by atoms with Crippen molar-refractivity contribution in [3.8, 4) is 17.2 Å². The molecule has 1 aliphatic heterocycles. The lowest BCUT2D eigenvalue weighted by molar-refractivity contribution is 0.309. The maximum absolute atomic E-state index is 6.07. The van der Waals surface area contributed by atoms with Gasteiger partial charge in [0.2, 0.25) is 0 Å². The lowest BCUT2D eigenvalue weighted by atomic mass is 9.91. The summed E-state index contributed by atoms with van der Waals surface area (Å²) in [5, 5.41) is 0. The molecule has 0 aliphatic carbocycles. The van der Waals surface area contributed by atoms with Crippen LogP contribution < -0.4 is 19.1 Å². The number of nitrogens with zero attached hydrogens (tertiary/aromatic N) is 1. The molecule has 0 saturated heterocycles. The molecule has 0 bridgehead atoms. The van der Waals surface area contributed by atoms with Crippen molar-refractivity contribution in [2.75, 3.05) is 30.6 Å². The third kappa shape index (κ3) is 7.17. The summed E-state index contributed by atoms with van der Waals surface area (Å²) in [7, 11) is 0. The van der Waals surface area contributed by atoms with Crippen molar-refractivity contribution in [2.24, 2.45) is 0 Å². The van der Waals surface area contributed by atoms with Crippen LogP contribution in [0.3, 0.4) is 0 Å². The lowest BCUT2D eigenvalue weighted by Crippen LogP contribution is -2.25. The van der Waals surface area contributed by atoms with Gasteiger partial charge in [-0.3, -0.25) is 0 Å². The Morgan fingerprint density at radius 2 is 1.26 bits per heavy atom. The van der Waals surface area contributed by atoms with Crippen LogP contribution in [0.2, 0.25) is 0 Å². The first-order chi connectivity index (χ1) is 18.6. The minimum absolute atomic E-state index is 0.222. The molecule has 204 valence electrons. The largest absolute Gasteiger partial charge is 0.494 e. The Morgan fingerprint density at radius 1 is 0.711 bits per heavy atom. The molecule has 0 spiro atoms. The molecule has 2 unspecified atom stereocenters. The van der Waals surface area contributed by atoms with Crippen LogP contribution in [-0.4, -0.2) is 25.7 Å². The van der Waals surface area contributed by atoms with Gasteiger partial charge in [0.05, 0.1) is 25.9 Å². The standard InChI is InChI=1S/C33H42ClNO3/c1-4-6-20-36-29-15-11-27(12-16-29)33-25(3)31-23-30(38-21-7-5-2)17-18-32(31)35(33)24-26-9-13-28(14-10-26)37-22-8-19-34/h9-18,23,25,33H,4-8,19-22,24H2,1-3H3. The van der Waals surface area contributed by atoms with Gasteiger partial charge in [0.25, 0.3) is 0 Å². The van der Waals surface area contributed by atoms with E-state index in [0.717, 1.165) is 69.1 Å². The van der Waals surface area contributed by atoms with Crippen molar-refractivity contribution in [1.82, 2.24) is 0 Å². The molecule has 38 heavy (non-hydrogen) atoms. The summed E-state index contributed by atoms with van der Waals surface area (Å²) in [6.07, 6.45) is 5.25. The molecule has 1 aliphatic rings. The highest BCUT2D eigenvalue weighted by Crippen LogP contribution is 2.50. The molecule has 4 nitrogen and oxygen atoms in total. The molecule has 0 aromatic heterocycles. The van der Waals surface area contributed by atoms with E-state index in [4.69, 9.17) is 25.8 Å². The minimum Gasteiger partial charge on any atom is -0.494 e. The molecule has 1 heterocycles. The smallest absolute Gasteiger partial charge is 0.119 e. The third-order valence-electron chi connectivity index (χ3n) is 7.19. The van der Waals surface area contributed by atoms with Gasteiger partial charge in [0.1, 0.15) is 17.2 Å². The van der Waals surface area contributed by atoms with E-state index in [0.29, 0.717) is 18.4 Å². The fourth-order valence-corrected chi connectivity index (χ4v) is 5.16. The lowest BCUT2D eigenvalue weighted by Gasteiger charge is -2.30. The summed E-state index contributed by atoms with van der Waals surface area (Å²) >= 11 is 5.78. The molecule has 0 amide bonds. The highest BCUT2D eigenvalue weighted by Gasteiger charge is 2.37. The number of anilines is 1. The molecule has 0 N–H and O–H groups in total. The second-order valence-corrected chi connectivity index (χ2v) is 10.5. The quantitative estimate of drug-likeness (QED) is 0.143. The average Bonchev–Trinajstić information content (AvgIpc) is 3.21. The summed E-state index contributed by atoms with van der Waals surface area (Å²) in [4.78, 5) is 2.53. The SMILES string of the molecule is CCCCOc1ccc(C2C(C)c3cc(OCCCC)ccc3N2Cc2ccc(OCCCCl)cc2)cc1. The maximum Gasteiger partial charge on any atom is 0.119 e. The van der Waals surface area contributed by atoms with Crippen LogP contribution in [0.5, 0.6) is 17.2 Å². The number of rotatable bonds is 15. The Morgan fingerprint density at radius 3 is 1.87 bits per heavy atom. The summed E-state index contributed by atoms with van der Waals surface area (Å²) in [5.41, 5.74) is 5.16. The first kappa shape index (κ1) is 28.2. The maximum atomic E-state index is 6.07. The summed E-state index contributed by atoms with van der Waals surface area (Å²) in [5.74, 6) is 3.72. The number of fused-ring (bicyclic) bond motifs is 1. The Labute approximate surface area is 233 Å². The Balaban J connectivity index is 1.58. The highest BCUT2D eigenvalue weighted by molar-refractivity contribution is 6.17.